The lowest BCUT2D eigenvalue weighted by Crippen LogP contribution is -2.46. The maximum atomic E-state index is 13.3. The molecule has 146 valence electrons. The first-order chi connectivity index (χ1) is 12.7. The molecule has 3 nitrogen and oxygen atoms in total. The number of carboxylic acids is 1. The van der Waals surface area contributed by atoms with E-state index in [1.165, 1.54) is 17.4 Å². The SMILES string of the molecule is Cc1ccsc1C(c1cc(C(F)(F)F)ccc1Cl)N1CCCCC1C(=O)O. The topological polar surface area (TPSA) is 40.5 Å². The summed E-state index contributed by atoms with van der Waals surface area (Å²) in [7, 11) is 0. The molecule has 1 aromatic carbocycles. The second-order valence-corrected chi connectivity index (χ2v) is 8.05. The highest BCUT2D eigenvalue weighted by Crippen LogP contribution is 2.42. The summed E-state index contributed by atoms with van der Waals surface area (Å²) < 4.78 is 39.9. The molecule has 0 spiro atoms. The zero-order valence-electron chi connectivity index (χ0n) is 14.6. The molecule has 0 amide bonds. The van der Waals surface area contributed by atoms with E-state index in [1.807, 2.05) is 18.4 Å². The summed E-state index contributed by atoms with van der Waals surface area (Å²) in [5.74, 6) is -0.961. The van der Waals surface area contributed by atoms with Crippen LogP contribution in [0.2, 0.25) is 5.02 Å². The number of hydrogen-bond donors (Lipinski definition) is 1. The van der Waals surface area contributed by atoms with Gasteiger partial charge in [0.1, 0.15) is 6.04 Å². The van der Waals surface area contributed by atoms with E-state index in [1.54, 1.807) is 4.90 Å². The highest BCUT2D eigenvalue weighted by Gasteiger charge is 2.38. The van der Waals surface area contributed by atoms with E-state index < -0.39 is 29.8 Å². The number of carbonyl (C=O) groups is 1. The van der Waals surface area contributed by atoms with Gasteiger partial charge in [0.25, 0.3) is 0 Å². The molecule has 1 N–H and O–H groups in total. The Kier molecular flexibility index (Phi) is 5.84. The number of aliphatic carboxylic acids is 1. The number of aryl methyl sites for hydroxylation is 1. The van der Waals surface area contributed by atoms with Crippen molar-refractivity contribution in [2.45, 2.75) is 44.4 Å². The summed E-state index contributed by atoms with van der Waals surface area (Å²) in [6, 6.07) is 3.76. The lowest BCUT2D eigenvalue weighted by atomic mass is 9.93. The first-order valence-electron chi connectivity index (χ1n) is 8.59. The minimum absolute atomic E-state index is 0.204. The van der Waals surface area contributed by atoms with Crippen molar-refractivity contribution in [3.63, 3.8) is 0 Å². The first kappa shape index (κ1) is 20.2. The zero-order chi connectivity index (χ0) is 19.8. The molecule has 0 saturated carbocycles. The molecule has 1 saturated heterocycles. The highest BCUT2D eigenvalue weighted by molar-refractivity contribution is 7.10. The van der Waals surface area contributed by atoms with Gasteiger partial charge in [0, 0.05) is 9.90 Å². The van der Waals surface area contributed by atoms with Crippen LogP contribution in [0, 0.1) is 6.92 Å². The molecule has 0 bridgehead atoms. The fourth-order valence-electron chi connectivity index (χ4n) is 3.59. The summed E-state index contributed by atoms with van der Waals surface area (Å²) in [6.07, 6.45) is -2.46. The van der Waals surface area contributed by atoms with Gasteiger partial charge in [0.2, 0.25) is 0 Å². The molecule has 1 aliphatic rings. The van der Waals surface area contributed by atoms with Crippen LogP contribution in [-0.2, 0) is 11.0 Å². The monoisotopic (exact) mass is 417 g/mol. The zero-order valence-corrected chi connectivity index (χ0v) is 16.2. The number of carboxylic acid groups (broad SMARTS) is 1. The third-order valence-corrected chi connectivity index (χ3v) is 6.34. The Labute approximate surface area is 164 Å². The van der Waals surface area contributed by atoms with E-state index in [0.29, 0.717) is 18.5 Å². The molecule has 2 aromatic rings. The summed E-state index contributed by atoms with van der Waals surface area (Å²) in [6.45, 7) is 2.37. The van der Waals surface area contributed by atoms with Gasteiger partial charge in [-0.25, -0.2) is 0 Å². The molecule has 3 rings (SSSR count). The van der Waals surface area contributed by atoms with Crippen molar-refractivity contribution in [2.75, 3.05) is 6.54 Å². The van der Waals surface area contributed by atoms with E-state index in [4.69, 9.17) is 11.6 Å². The smallest absolute Gasteiger partial charge is 0.416 e. The van der Waals surface area contributed by atoms with Crippen molar-refractivity contribution in [1.82, 2.24) is 4.90 Å². The van der Waals surface area contributed by atoms with Crippen LogP contribution >= 0.6 is 22.9 Å². The second kappa shape index (κ2) is 7.81. The number of piperidine rings is 1. The molecule has 2 atom stereocenters. The lowest BCUT2D eigenvalue weighted by molar-refractivity contribution is -0.145. The molecule has 8 heteroatoms. The van der Waals surface area contributed by atoms with Crippen LogP contribution in [0.4, 0.5) is 13.2 Å². The number of thiophene rings is 1. The Hall–Kier alpha value is -1.57. The van der Waals surface area contributed by atoms with Crippen LogP contribution in [0.1, 0.15) is 46.9 Å². The van der Waals surface area contributed by atoms with Crippen molar-refractivity contribution < 1.29 is 23.1 Å². The largest absolute Gasteiger partial charge is 0.480 e. The number of hydrogen-bond acceptors (Lipinski definition) is 3. The average Bonchev–Trinajstić information content (AvgIpc) is 3.02. The van der Waals surface area contributed by atoms with Gasteiger partial charge in [0.05, 0.1) is 11.6 Å². The van der Waals surface area contributed by atoms with Crippen LogP contribution in [0.3, 0.4) is 0 Å². The summed E-state index contributed by atoms with van der Waals surface area (Å²) in [4.78, 5) is 14.4. The first-order valence-corrected chi connectivity index (χ1v) is 9.85. The molecule has 2 heterocycles. The number of likely N-dealkylation sites (tertiary alicyclic amines) is 1. The molecule has 1 aliphatic heterocycles. The number of alkyl halides is 3. The van der Waals surface area contributed by atoms with Gasteiger partial charge in [-0.1, -0.05) is 18.0 Å². The van der Waals surface area contributed by atoms with Gasteiger partial charge >= 0.3 is 12.1 Å². The van der Waals surface area contributed by atoms with Gasteiger partial charge < -0.3 is 5.11 Å². The predicted molar refractivity (Wildman–Crippen MR) is 99.3 cm³/mol. The van der Waals surface area contributed by atoms with Crippen LogP contribution in [-0.4, -0.2) is 28.6 Å². The van der Waals surface area contributed by atoms with Crippen molar-refractivity contribution in [3.8, 4) is 0 Å². The van der Waals surface area contributed by atoms with Crippen molar-refractivity contribution in [3.05, 3.63) is 56.2 Å². The molecule has 0 aliphatic carbocycles. The number of benzene rings is 1. The van der Waals surface area contributed by atoms with Gasteiger partial charge in [-0.2, -0.15) is 13.2 Å². The lowest BCUT2D eigenvalue weighted by Gasteiger charge is -2.39. The number of nitrogens with zero attached hydrogens (tertiary/aromatic N) is 1. The molecule has 1 fully saturated rings. The fourth-order valence-corrected chi connectivity index (χ4v) is 4.88. The molecule has 0 radical (unpaired) electrons. The Morgan fingerprint density at radius 1 is 1.33 bits per heavy atom. The Bertz CT molecular complexity index is 837. The molecule has 1 aromatic heterocycles. The quantitative estimate of drug-likeness (QED) is 0.687. The van der Waals surface area contributed by atoms with Gasteiger partial charge in [-0.15, -0.1) is 11.3 Å². The van der Waals surface area contributed by atoms with Crippen molar-refractivity contribution in [1.29, 1.82) is 0 Å². The van der Waals surface area contributed by atoms with Gasteiger partial charge in [-0.05, 0) is 67.1 Å². The Morgan fingerprint density at radius 2 is 2.07 bits per heavy atom. The minimum atomic E-state index is -4.50. The third-order valence-electron chi connectivity index (χ3n) is 4.93. The highest BCUT2D eigenvalue weighted by atomic mass is 35.5. The molecular weight excluding hydrogens is 399 g/mol. The van der Waals surface area contributed by atoms with Gasteiger partial charge in [-0.3, -0.25) is 9.69 Å². The standard InChI is InChI=1S/C19H19ClF3NO2S/c1-11-7-9-27-17(11)16(24-8-3-2-4-15(24)18(25)26)13-10-12(19(21,22)23)5-6-14(13)20/h5-7,9-10,15-16H,2-4,8H2,1H3,(H,25,26). The van der Waals surface area contributed by atoms with E-state index >= 15 is 0 Å². The Morgan fingerprint density at radius 3 is 2.67 bits per heavy atom. The van der Waals surface area contributed by atoms with E-state index in [-0.39, 0.29) is 5.02 Å². The normalized spacial score (nSPS) is 19.8. The second-order valence-electron chi connectivity index (χ2n) is 6.69. The number of rotatable bonds is 4. The van der Waals surface area contributed by atoms with Crippen LogP contribution in [0.5, 0.6) is 0 Å². The van der Waals surface area contributed by atoms with Crippen LogP contribution in [0.15, 0.2) is 29.6 Å². The van der Waals surface area contributed by atoms with E-state index in [9.17, 15) is 23.1 Å². The van der Waals surface area contributed by atoms with Gasteiger partial charge in [0.15, 0.2) is 0 Å². The van der Waals surface area contributed by atoms with Crippen molar-refractivity contribution >= 4 is 28.9 Å². The van der Waals surface area contributed by atoms with Crippen LogP contribution in [0.25, 0.3) is 0 Å². The van der Waals surface area contributed by atoms with Crippen molar-refractivity contribution in [2.24, 2.45) is 0 Å². The average molecular weight is 418 g/mol. The fraction of sp³-hybridized carbons (Fsp3) is 0.421. The summed E-state index contributed by atoms with van der Waals surface area (Å²) >= 11 is 7.73. The summed E-state index contributed by atoms with van der Waals surface area (Å²) in [5.41, 5.74) is 0.420. The minimum Gasteiger partial charge on any atom is -0.480 e. The maximum absolute atomic E-state index is 13.3. The van der Waals surface area contributed by atoms with Crippen LogP contribution < -0.4 is 0 Å². The van der Waals surface area contributed by atoms with E-state index in [0.717, 1.165) is 35.4 Å². The molecule has 27 heavy (non-hydrogen) atoms. The Balaban J connectivity index is 2.17. The third kappa shape index (κ3) is 4.15. The number of halogens is 4. The predicted octanol–water partition coefficient (Wildman–Crippen LogP) is 5.76. The van der Waals surface area contributed by atoms with E-state index in [2.05, 4.69) is 0 Å². The molecular formula is C19H19ClF3NO2S. The summed E-state index contributed by atoms with van der Waals surface area (Å²) in [5, 5.41) is 11.7. The molecule has 2 unspecified atom stereocenters. The maximum Gasteiger partial charge on any atom is 0.416 e.